The van der Waals surface area contributed by atoms with Crippen LogP contribution in [0.3, 0.4) is 0 Å². The number of carbonyl (C=O) groups is 1. The summed E-state index contributed by atoms with van der Waals surface area (Å²) in [4.78, 5) is 12.2. The minimum absolute atomic E-state index is 0.00368. The molecule has 0 amide bonds. The second-order valence-corrected chi connectivity index (χ2v) is 6.17. The monoisotopic (exact) mass is 336 g/mol. The third-order valence-electron chi connectivity index (χ3n) is 3.05. The van der Waals surface area contributed by atoms with E-state index in [9.17, 15) is 13.2 Å². The SMILES string of the molecule is COc1cc(OC)cc(C(=O)COS(=O)(=O)c2ccccc2)c1. The van der Waals surface area contributed by atoms with E-state index in [1.54, 1.807) is 24.3 Å². The lowest BCUT2D eigenvalue weighted by Gasteiger charge is -2.08. The highest BCUT2D eigenvalue weighted by Crippen LogP contribution is 2.23. The summed E-state index contributed by atoms with van der Waals surface area (Å²) in [5.41, 5.74) is 0.240. The van der Waals surface area contributed by atoms with E-state index in [1.807, 2.05) is 0 Å². The van der Waals surface area contributed by atoms with Gasteiger partial charge in [-0.2, -0.15) is 8.42 Å². The largest absolute Gasteiger partial charge is 0.497 e. The first-order valence-corrected chi connectivity index (χ1v) is 8.08. The highest BCUT2D eigenvalue weighted by molar-refractivity contribution is 7.86. The number of methoxy groups -OCH3 is 2. The molecular weight excluding hydrogens is 320 g/mol. The number of rotatable bonds is 7. The third kappa shape index (κ3) is 4.30. The van der Waals surface area contributed by atoms with E-state index < -0.39 is 22.5 Å². The van der Waals surface area contributed by atoms with Crippen molar-refractivity contribution in [3.8, 4) is 11.5 Å². The second kappa shape index (κ2) is 7.26. The van der Waals surface area contributed by atoms with Gasteiger partial charge in [0, 0.05) is 11.6 Å². The van der Waals surface area contributed by atoms with Gasteiger partial charge in [-0.3, -0.25) is 8.98 Å². The van der Waals surface area contributed by atoms with Crippen LogP contribution in [0.1, 0.15) is 10.4 Å². The van der Waals surface area contributed by atoms with Gasteiger partial charge in [-0.1, -0.05) is 18.2 Å². The van der Waals surface area contributed by atoms with Gasteiger partial charge in [-0.05, 0) is 24.3 Å². The number of Topliss-reactive ketones (excluding diaryl/α,β-unsaturated/α-hetero) is 1. The summed E-state index contributed by atoms with van der Waals surface area (Å²) < 4.78 is 38.9. The molecule has 0 aromatic heterocycles. The fraction of sp³-hybridized carbons (Fsp3) is 0.188. The molecule has 6 nitrogen and oxygen atoms in total. The molecule has 23 heavy (non-hydrogen) atoms. The van der Waals surface area contributed by atoms with Crippen molar-refractivity contribution in [3.63, 3.8) is 0 Å². The van der Waals surface area contributed by atoms with Crippen LogP contribution in [0.15, 0.2) is 53.4 Å². The van der Waals surface area contributed by atoms with Gasteiger partial charge < -0.3 is 9.47 Å². The summed E-state index contributed by atoms with van der Waals surface area (Å²) in [5.74, 6) is 0.360. The van der Waals surface area contributed by atoms with Gasteiger partial charge in [-0.25, -0.2) is 0 Å². The van der Waals surface area contributed by atoms with Crippen LogP contribution >= 0.6 is 0 Å². The number of carbonyl (C=O) groups excluding carboxylic acids is 1. The molecule has 122 valence electrons. The van der Waals surface area contributed by atoms with Gasteiger partial charge in [0.05, 0.1) is 19.1 Å². The van der Waals surface area contributed by atoms with E-state index in [2.05, 4.69) is 0 Å². The Hall–Kier alpha value is -2.38. The lowest BCUT2D eigenvalue weighted by Crippen LogP contribution is -2.15. The van der Waals surface area contributed by atoms with Crippen LogP contribution in [0.2, 0.25) is 0 Å². The molecule has 0 aliphatic carbocycles. The number of benzene rings is 2. The summed E-state index contributed by atoms with van der Waals surface area (Å²) in [5, 5.41) is 0. The molecule has 2 aromatic carbocycles. The Labute approximate surface area is 134 Å². The zero-order valence-electron chi connectivity index (χ0n) is 12.7. The van der Waals surface area contributed by atoms with Gasteiger partial charge in [0.15, 0.2) is 5.78 Å². The number of ether oxygens (including phenoxy) is 2. The average molecular weight is 336 g/mol. The van der Waals surface area contributed by atoms with Gasteiger partial charge >= 0.3 is 0 Å². The number of hydrogen-bond acceptors (Lipinski definition) is 6. The summed E-state index contributed by atoms with van der Waals surface area (Å²) in [7, 11) is -1.06. The molecule has 0 aliphatic rings. The first-order valence-electron chi connectivity index (χ1n) is 6.67. The Morgan fingerprint density at radius 3 is 2.04 bits per heavy atom. The smallest absolute Gasteiger partial charge is 0.297 e. The second-order valence-electron chi connectivity index (χ2n) is 4.55. The zero-order valence-corrected chi connectivity index (χ0v) is 13.5. The molecule has 0 spiro atoms. The van der Waals surface area contributed by atoms with Crippen LogP contribution < -0.4 is 9.47 Å². The zero-order chi connectivity index (χ0) is 16.9. The van der Waals surface area contributed by atoms with E-state index in [4.69, 9.17) is 13.7 Å². The maximum atomic E-state index is 12.2. The molecule has 0 radical (unpaired) electrons. The lowest BCUT2D eigenvalue weighted by atomic mass is 10.1. The minimum Gasteiger partial charge on any atom is -0.497 e. The van der Waals surface area contributed by atoms with Crippen molar-refractivity contribution >= 4 is 15.9 Å². The van der Waals surface area contributed by atoms with Crippen molar-refractivity contribution in [3.05, 3.63) is 54.1 Å². The van der Waals surface area contributed by atoms with Gasteiger partial charge in [0.1, 0.15) is 18.1 Å². The van der Waals surface area contributed by atoms with E-state index in [-0.39, 0.29) is 10.5 Å². The fourth-order valence-electron chi connectivity index (χ4n) is 1.84. The Bertz CT molecular complexity index is 761. The molecule has 2 aromatic rings. The third-order valence-corrected chi connectivity index (χ3v) is 4.33. The predicted octanol–water partition coefficient (Wildman–Crippen LogP) is 2.29. The van der Waals surface area contributed by atoms with Crippen LogP contribution in [0.4, 0.5) is 0 Å². The molecule has 2 rings (SSSR count). The van der Waals surface area contributed by atoms with Crippen LogP contribution in [0, 0.1) is 0 Å². The molecule has 0 N–H and O–H groups in total. The van der Waals surface area contributed by atoms with E-state index >= 15 is 0 Å². The lowest BCUT2D eigenvalue weighted by molar-refractivity contribution is 0.0924. The number of hydrogen-bond donors (Lipinski definition) is 0. The highest BCUT2D eigenvalue weighted by atomic mass is 32.2. The van der Waals surface area contributed by atoms with Crippen molar-refractivity contribution in [2.75, 3.05) is 20.8 Å². The molecule has 0 aliphatic heterocycles. The minimum atomic E-state index is -3.98. The van der Waals surface area contributed by atoms with Crippen molar-refractivity contribution in [1.82, 2.24) is 0 Å². The van der Waals surface area contributed by atoms with Crippen molar-refractivity contribution < 1.29 is 26.9 Å². The maximum Gasteiger partial charge on any atom is 0.297 e. The van der Waals surface area contributed by atoms with Crippen molar-refractivity contribution in [1.29, 1.82) is 0 Å². The molecular formula is C16H16O6S. The summed E-state index contributed by atoms with van der Waals surface area (Å²) in [6, 6.07) is 12.2. The first kappa shape index (κ1) is 17.0. The van der Waals surface area contributed by atoms with Crippen molar-refractivity contribution in [2.24, 2.45) is 0 Å². The van der Waals surface area contributed by atoms with Gasteiger partial charge in [-0.15, -0.1) is 0 Å². The normalized spacial score (nSPS) is 11.0. The first-order chi connectivity index (χ1) is 11.0. The molecule has 0 unspecified atom stereocenters. The Morgan fingerprint density at radius 1 is 0.957 bits per heavy atom. The molecule has 0 fully saturated rings. The van der Waals surface area contributed by atoms with Crippen LogP contribution in [-0.2, 0) is 14.3 Å². The Balaban J connectivity index is 2.14. The molecule has 0 saturated heterocycles. The summed E-state index contributed by atoms with van der Waals surface area (Å²) in [6.45, 7) is -0.604. The van der Waals surface area contributed by atoms with Crippen molar-refractivity contribution in [2.45, 2.75) is 4.90 Å². The maximum absolute atomic E-state index is 12.2. The fourth-order valence-corrected chi connectivity index (χ4v) is 2.73. The van der Waals surface area contributed by atoms with E-state index in [0.29, 0.717) is 11.5 Å². The van der Waals surface area contributed by atoms with E-state index in [1.165, 1.54) is 38.5 Å². The number of ketones is 1. The Kier molecular flexibility index (Phi) is 5.36. The van der Waals surface area contributed by atoms with E-state index in [0.717, 1.165) is 0 Å². The topological polar surface area (TPSA) is 78.9 Å². The van der Waals surface area contributed by atoms with Crippen LogP contribution in [0.5, 0.6) is 11.5 Å². The Morgan fingerprint density at radius 2 is 1.52 bits per heavy atom. The highest BCUT2D eigenvalue weighted by Gasteiger charge is 2.18. The summed E-state index contributed by atoms with van der Waals surface area (Å²) >= 11 is 0. The van der Waals surface area contributed by atoms with Gasteiger partial charge in [0.25, 0.3) is 10.1 Å². The molecule has 0 saturated carbocycles. The standard InChI is InChI=1S/C16H16O6S/c1-20-13-8-12(9-14(10-13)21-2)16(17)11-22-23(18,19)15-6-4-3-5-7-15/h3-10H,11H2,1-2H3. The molecule has 0 bridgehead atoms. The van der Waals surface area contributed by atoms with Crippen LogP contribution in [-0.4, -0.2) is 35.0 Å². The van der Waals surface area contributed by atoms with Crippen LogP contribution in [0.25, 0.3) is 0 Å². The molecule has 7 heteroatoms. The molecule has 0 atom stereocenters. The van der Waals surface area contributed by atoms with Gasteiger partial charge in [0.2, 0.25) is 0 Å². The molecule has 0 heterocycles. The predicted molar refractivity (Wildman–Crippen MR) is 83.5 cm³/mol. The summed E-state index contributed by atoms with van der Waals surface area (Å²) in [6.07, 6.45) is 0. The average Bonchev–Trinajstić information content (AvgIpc) is 2.59. The quantitative estimate of drug-likeness (QED) is 0.570.